The van der Waals surface area contributed by atoms with E-state index in [0.29, 0.717) is 59.6 Å². The van der Waals surface area contributed by atoms with E-state index in [2.05, 4.69) is 33.1 Å². The highest BCUT2D eigenvalue weighted by Crippen LogP contribution is 2.59. The second-order valence-corrected chi connectivity index (χ2v) is 23.1. The van der Waals surface area contributed by atoms with Gasteiger partial charge in [0.2, 0.25) is 41.4 Å². The van der Waals surface area contributed by atoms with Crippen LogP contribution in [0.2, 0.25) is 0 Å². The first-order chi connectivity index (χ1) is 41.0. The zero-order chi connectivity index (χ0) is 61.6. The van der Waals surface area contributed by atoms with Crippen molar-refractivity contribution >= 4 is 77.8 Å². The van der Waals surface area contributed by atoms with Gasteiger partial charge in [-0.25, -0.2) is 4.79 Å². The van der Waals surface area contributed by atoms with E-state index >= 15 is 4.79 Å². The van der Waals surface area contributed by atoms with Crippen LogP contribution in [0.4, 0.5) is 13.6 Å². The van der Waals surface area contributed by atoms with Crippen LogP contribution in [0.1, 0.15) is 131 Å². The van der Waals surface area contributed by atoms with Gasteiger partial charge >= 0.3 is 19.4 Å². The van der Waals surface area contributed by atoms with Gasteiger partial charge in [-0.05, 0) is 85.5 Å². The largest absolute Gasteiger partial charge is 0.447 e. The lowest BCUT2D eigenvalue weighted by Gasteiger charge is -2.39. The number of benzene rings is 4. The van der Waals surface area contributed by atoms with Gasteiger partial charge in [-0.3, -0.25) is 57.6 Å². The summed E-state index contributed by atoms with van der Waals surface area (Å²) in [6, 6.07) is 19.8. The monoisotopic (exact) mass is 1200 g/mol. The Kier molecular flexibility index (Phi) is 18.6. The first-order valence-electron chi connectivity index (χ1n) is 27.9. The van der Waals surface area contributed by atoms with Crippen molar-refractivity contribution in [3.8, 4) is 11.8 Å². The molecule has 5 aromatic rings. The first-order valence-corrected chi connectivity index (χ1v) is 29.5. The van der Waals surface area contributed by atoms with Crippen molar-refractivity contribution in [1.29, 1.82) is 0 Å². The number of imide groups is 1. The Morgan fingerprint density at radius 1 is 0.860 bits per heavy atom. The molecule has 4 aliphatic rings. The number of nitrogens with one attached hydrogen (secondary N) is 4. The predicted molar refractivity (Wildman–Crippen MR) is 303 cm³/mol. The number of fused-ring (bicyclic) bond motifs is 3. The van der Waals surface area contributed by atoms with Gasteiger partial charge in [0.1, 0.15) is 36.5 Å². The molecule has 4 aromatic carbocycles. The van der Waals surface area contributed by atoms with Crippen LogP contribution in [0, 0.1) is 11.8 Å². The third-order valence-electron chi connectivity index (χ3n) is 15.8. The van der Waals surface area contributed by atoms with Gasteiger partial charge in [0.25, 0.3) is 11.8 Å². The highest BCUT2D eigenvalue weighted by molar-refractivity contribution is 7.52. The molecule has 3 fully saturated rings. The van der Waals surface area contributed by atoms with E-state index in [1.807, 2.05) is 0 Å². The van der Waals surface area contributed by atoms with E-state index < -0.39 is 115 Å². The minimum atomic E-state index is -6.04. The Morgan fingerprint density at radius 3 is 2.23 bits per heavy atom. The molecular formula is C60H62F2N9O14P. The maximum absolute atomic E-state index is 15.2. The summed E-state index contributed by atoms with van der Waals surface area (Å²) in [4.78, 5) is 158. The summed E-state index contributed by atoms with van der Waals surface area (Å²) in [7, 11) is -6.04. The molecule has 86 heavy (non-hydrogen) atoms. The predicted octanol–water partition coefficient (Wildman–Crippen LogP) is 4.47. The number of unbranched alkanes of at least 4 members (excludes halogenated alkanes) is 3. The van der Waals surface area contributed by atoms with E-state index in [1.54, 1.807) is 78.9 Å². The number of ether oxygens (including phenoxy) is 1. The van der Waals surface area contributed by atoms with Gasteiger partial charge in [0, 0.05) is 73.9 Å². The van der Waals surface area contributed by atoms with Crippen molar-refractivity contribution in [3.63, 3.8) is 0 Å². The number of nitrogens with two attached hydrogens (primary N) is 1. The normalized spacial score (nSPS) is 19.1. The molecule has 1 aromatic heterocycles. The Balaban J connectivity index is 0.918. The standard InChI is InChI=1S/C60H62F2N9O14P/c1-35(72)70-46-24-22-40(60(61,62)86(82,83)84)30-39(46)31-49(70)56(78)64-44-33-68(51(74)21-12-4-2-3-7-14-36-19-13-20-42-43(36)32-69(57(42)79)47-26-27-50(73)66-54(47)76)29-28-41-23-25-48(71(41)58(44)80)55(77)65-45(34-85-59(63)81)53(75)67-52(37-15-8-5-9-16-37)38-17-10-6-11-18-38/h5-6,8-11,13,15-20,22,24,30-31,41,44-45,47-48,52H,2-4,12,21,23,25-29,32-34H2,1H3,(H2,63,81)(H,64,78)(H,65,77)(H,67,75)(H,66,73,76)(H2,82,83,84)/t41-,44+,45+,47?,48+/m1/s1. The fraction of sp³-hybridized carbons (Fsp3) is 0.367. The summed E-state index contributed by atoms with van der Waals surface area (Å²) in [5.41, 5.74) is 2.13. The molecule has 23 nitrogen and oxygen atoms in total. The third-order valence-corrected chi connectivity index (χ3v) is 16.8. The number of rotatable bonds is 18. The number of carbonyl (C=O) groups is 10. The molecule has 9 rings (SSSR count). The van der Waals surface area contributed by atoms with E-state index in [0.717, 1.165) is 29.7 Å². The molecule has 26 heteroatoms. The van der Waals surface area contributed by atoms with Gasteiger partial charge in [0.05, 0.1) is 11.6 Å². The highest BCUT2D eigenvalue weighted by Gasteiger charge is 2.51. The molecule has 5 atom stereocenters. The average Bonchev–Trinajstić information content (AvgIpc) is 1.77. The Labute approximate surface area is 491 Å². The molecule has 8 N–H and O–H groups in total. The summed E-state index contributed by atoms with van der Waals surface area (Å²) in [6.45, 7) is 0.144. The number of piperidine rings is 1. The van der Waals surface area contributed by atoms with Crippen molar-refractivity contribution in [2.45, 2.75) is 120 Å². The number of halogens is 2. The van der Waals surface area contributed by atoms with Gasteiger partial charge in [-0.1, -0.05) is 91.1 Å². The van der Waals surface area contributed by atoms with E-state index in [1.165, 1.54) is 14.7 Å². The number of amides is 9. The number of hydrogen-bond donors (Lipinski definition) is 7. The molecule has 4 aliphatic heterocycles. The zero-order valence-corrected chi connectivity index (χ0v) is 47.4. The average molecular weight is 1200 g/mol. The van der Waals surface area contributed by atoms with Gasteiger partial charge in [-0.2, -0.15) is 8.78 Å². The third kappa shape index (κ3) is 13.4. The van der Waals surface area contributed by atoms with Crippen LogP contribution in [0.25, 0.3) is 10.9 Å². The van der Waals surface area contributed by atoms with Crippen molar-refractivity contribution in [1.82, 2.24) is 40.5 Å². The SMILES string of the molecule is CC(=O)n1c(C(=O)N[C@H]2CN(C(=O)CCCCCC#Cc3cccc4c3CN(C3CCC(=O)NC3=O)C4=O)CC[C@H]3CC[C@@H](C(=O)N[C@@H](COC(N)=O)C(=O)NC(c4ccccc4)c4ccccc4)N3C2=O)cc2cc(C(F)(F)P(=O)(O)O)ccc21. The van der Waals surface area contributed by atoms with Crippen LogP contribution in [0.15, 0.2) is 103 Å². The lowest BCUT2D eigenvalue weighted by molar-refractivity contribution is -0.146. The Morgan fingerprint density at radius 2 is 1.57 bits per heavy atom. The molecule has 5 heterocycles. The lowest BCUT2D eigenvalue weighted by Crippen LogP contribution is -2.62. The molecule has 0 spiro atoms. The summed E-state index contributed by atoms with van der Waals surface area (Å²) >= 11 is 0. The zero-order valence-electron chi connectivity index (χ0n) is 46.5. The summed E-state index contributed by atoms with van der Waals surface area (Å²) < 4.78 is 47.5. The van der Waals surface area contributed by atoms with Crippen LogP contribution in [-0.4, -0.2) is 138 Å². The topological polar surface area (TPSA) is 326 Å². The summed E-state index contributed by atoms with van der Waals surface area (Å²) in [5.74, 6) is 0.370. The molecule has 0 radical (unpaired) electrons. The number of nitrogens with zero attached hydrogens (tertiary/aromatic N) is 4. The molecule has 0 bridgehead atoms. The van der Waals surface area contributed by atoms with Crippen LogP contribution in [-0.2, 0) is 50.3 Å². The summed E-state index contributed by atoms with van der Waals surface area (Å²) in [5, 5.41) is 10.3. The van der Waals surface area contributed by atoms with Crippen LogP contribution in [0.3, 0.4) is 0 Å². The van der Waals surface area contributed by atoms with Gasteiger partial charge in [-0.15, -0.1) is 0 Å². The molecule has 9 amide bonds. The fourth-order valence-electron chi connectivity index (χ4n) is 11.5. The molecule has 0 saturated carbocycles. The molecule has 3 saturated heterocycles. The lowest BCUT2D eigenvalue weighted by atomic mass is 9.98. The van der Waals surface area contributed by atoms with Gasteiger partial charge < -0.3 is 50.9 Å². The minimum absolute atomic E-state index is 0.0125. The number of aromatic nitrogens is 1. The van der Waals surface area contributed by atoms with Crippen molar-refractivity contribution in [2.75, 3.05) is 19.7 Å². The smallest absolute Gasteiger partial charge is 0.404 e. The maximum Gasteiger partial charge on any atom is 0.404 e. The molecule has 450 valence electrons. The quantitative estimate of drug-likeness (QED) is 0.0276. The number of hydrogen-bond acceptors (Lipinski definition) is 12. The first kappa shape index (κ1) is 61.5. The maximum atomic E-state index is 15.2. The number of primary amides is 1. The minimum Gasteiger partial charge on any atom is -0.447 e. The van der Waals surface area contributed by atoms with Crippen molar-refractivity contribution < 1.29 is 75.8 Å². The van der Waals surface area contributed by atoms with Crippen molar-refractivity contribution in [2.24, 2.45) is 5.73 Å². The van der Waals surface area contributed by atoms with Crippen LogP contribution < -0.4 is 27.0 Å². The molecule has 0 aliphatic carbocycles. The van der Waals surface area contributed by atoms with E-state index in [9.17, 15) is 66.3 Å². The Hall–Kier alpha value is -9.11. The number of carbonyl (C=O) groups excluding carboxylic acids is 10. The Bertz CT molecular complexity index is 3600. The summed E-state index contributed by atoms with van der Waals surface area (Å²) in [6.07, 6.45) is 1.53. The van der Waals surface area contributed by atoms with E-state index in [-0.39, 0.29) is 80.2 Å². The van der Waals surface area contributed by atoms with Crippen LogP contribution in [0.5, 0.6) is 0 Å². The number of alkyl halides is 2. The van der Waals surface area contributed by atoms with Gasteiger partial charge in [0.15, 0.2) is 0 Å². The van der Waals surface area contributed by atoms with Crippen LogP contribution >= 0.6 is 7.60 Å². The molecular weight excluding hydrogens is 1140 g/mol. The highest BCUT2D eigenvalue weighted by atomic mass is 31.2. The van der Waals surface area contributed by atoms with E-state index in [4.69, 9.17) is 10.5 Å². The second-order valence-electron chi connectivity index (χ2n) is 21.4. The van der Waals surface area contributed by atoms with Crippen molar-refractivity contribution in [3.05, 3.63) is 142 Å². The molecule has 1 unspecified atom stereocenters. The fourth-order valence-corrected chi connectivity index (χ4v) is 11.9. The second kappa shape index (κ2) is 26.0.